The summed E-state index contributed by atoms with van der Waals surface area (Å²) in [4.78, 5) is 0. The summed E-state index contributed by atoms with van der Waals surface area (Å²) >= 11 is 0. The third kappa shape index (κ3) is 3.53. The topological polar surface area (TPSA) is 46.2 Å². The maximum atomic E-state index is 12.5. The van der Waals surface area contributed by atoms with Crippen molar-refractivity contribution in [1.82, 2.24) is 0 Å². The van der Waals surface area contributed by atoms with Gasteiger partial charge in [0.2, 0.25) is 0 Å². The van der Waals surface area contributed by atoms with Crippen molar-refractivity contribution in [2.24, 2.45) is 11.7 Å². The molecule has 0 heterocycles. The number of aromatic hydroxyl groups is 1. The van der Waals surface area contributed by atoms with E-state index in [2.05, 4.69) is 0 Å². The highest BCUT2D eigenvalue weighted by atomic mass is 35.5. The Morgan fingerprint density at radius 2 is 1.94 bits per heavy atom. The number of phenolic OH excluding ortho intramolecular Hbond substituents is 1. The van der Waals surface area contributed by atoms with E-state index in [1.54, 1.807) is 0 Å². The molecule has 2 rings (SSSR count). The van der Waals surface area contributed by atoms with Gasteiger partial charge in [-0.05, 0) is 30.5 Å². The van der Waals surface area contributed by atoms with E-state index in [4.69, 9.17) is 5.73 Å². The van der Waals surface area contributed by atoms with Gasteiger partial charge in [-0.3, -0.25) is 0 Å². The predicted molar refractivity (Wildman–Crippen MR) is 64.6 cm³/mol. The van der Waals surface area contributed by atoms with E-state index in [9.17, 15) is 18.3 Å². The van der Waals surface area contributed by atoms with Crippen LogP contribution in [0.4, 0.5) is 13.2 Å². The number of alkyl halides is 3. The summed E-state index contributed by atoms with van der Waals surface area (Å²) in [7, 11) is 0. The number of nitrogens with two attached hydrogens (primary N) is 1. The lowest BCUT2D eigenvalue weighted by Gasteiger charge is -2.15. The normalized spacial score (nSPS) is 17.1. The van der Waals surface area contributed by atoms with Gasteiger partial charge in [0, 0.05) is 11.6 Å². The first-order valence-corrected chi connectivity index (χ1v) is 5.53. The molecule has 6 heteroatoms. The Morgan fingerprint density at radius 1 is 1.33 bits per heavy atom. The summed E-state index contributed by atoms with van der Waals surface area (Å²) in [6, 6.07) is 2.35. The van der Waals surface area contributed by atoms with Crippen molar-refractivity contribution in [1.29, 1.82) is 0 Å². The molecule has 1 aromatic carbocycles. The van der Waals surface area contributed by atoms with Crippen LogP contribution < -0.4 is 5.73 Å². The Kier molecular flexibility index (Phi) is 4.50. The van der Waals surface area contributed by atoms with E-state index in [1.165, 1.54) is 0 Å². The Morgan fingerprint density at radius 3 is 2.44 bits per heavy atom. The first-order chi connectivity index (χ1) is 7.88. The smallest absolute Gasteiger partial charge is 0.416 e. The molecule has 0 spiro atoms. The third-order valence-electron chi connectivity index (χ3n) is 3.04. The summed E-state index contributed by atoms with van der Waals surface area (Å²) in [6.07, 6.45) is -1.61. The molecule has 0 unspecified atom stereocenters. The second kappa shape index (κ2) is 5.36. The number of halogens is 4. The highest BCUT2D eigenvalue weighted by Crippen LogP contribution is 2.40. The van der Waals surface area contributed by atoms with Crippen LogP contribution >= 0.6 is 12.4 Å². The summed E-state index contributed by atoms with van der Waals surface area (Å²) in [5, 5.41) is 9.56. The fraction of sp³-hybridized carbons (Fsp3) is 0.500. The molecule has 2 nitrogen and oxygen atoms in total. The van der Waals surface area contributed by atoms with Crippen molar-refractivity contribution in [2.45, 2.75) is 31.5 Å². The molecule has 3 N–H and O–H groups in total. The molecule has 102 valence electrons. The average Bonchev–Trinajstić information content (AvgIpc) is 3.00. The summed E-state index contributed by atoms with van der Waals surface area (Å²) in [5.41, 5.74) is 5.24. The van der Waals surface area contributed by atoms with Crippen LogP contribution in [0.2, 0.25) is 0 Å². The minimum atomic E-state index is -4.40. The van der Waals surface area contributed by atoms with Crippen molar-refractivity contribution >= 4 is 12.4 Å². The highest BCUT2D eigenvalue weighted by Gasteiger charge is 2.32. The molecule has 1 atom stereocenters. The van der Waals surface area contributed by atoms with Gasteiger partial charge in [-0.2, -0.15) is 13.2 Å². The van der Waals surface area contributed by atoms with Crippen LogP contribution in [0.3, 0.4) is 0 Å². The summed E-state index contributed by atoms with van der Waals surface area (Å²) < 4.78 is 37.5. The number of phenols is 1. The van der Waals surface area contributed by atoms with Gasteiger partial charge in [-0.1, -0.05) is 12.8 Å². The van der Waals surface area contributed by atoms with Gasteiger partial charge in [-0.25, -0.2) is 0 Å². The lowest BCUT2D eigenvalue weighted by atomic mass is 9.99. The number of hydrogen-bond donors (Lipinski definition) is 2. The Hall–Kier alpha value is -0.940. The van der Waals surface area contributed by atoms with Gasteiger partial charge < -0.3 is 10.8 Å². The van der Waals surface area contributed by atoms with Gasteiger partial charge in [0.1, 0.15) is 5.75 Å². The van der Waals surface area contributed by atoms with E-state index >= 15 is 0 Å². The Balaban J connectivity index is 0.00000162. The molecule has 0 saturated heterocycles. The molecule has 0 aliphatic heterocycles. The van der Waals surface area contributed by atoms with Crippen molar-refractivity contribution in [3.8, 4) is 5.75 Å². The molecular formula is C12H15ClF3NO. The Bertz CT molecular complexity index is 418. The first kappa shape index (κ1) is 15.1. The highest BCUT2D eigenvalue weighted by molar-refractivity contribution is 5.85. The van der Waals surface area contributed by atoms with Crippen molar-refractivity contribution in [3.05, 3.63) is 29.3 Å². The van der Waals surface area contributed by atoms with Crippen LogP contribution in [-0.4, -0.2) is 5.11 Å². The second-order valence-corrected chi connectivity index (χ2v) is 4.56. The first-order valence-electron chi connectivity index (χ1n) is 5.53. The molecule has 1 aliphatic rings. The average molecular weight is 282 g/mol. The number of rotatable bonds is 3. The molecule has 1 aromatic rings. The monoisotopic (exact) mass is 281 g/mol. The SMILES string of the molecule is Cl.N[C@H](CC1CC1)c1cc(C(F)(F)F)ccc1O. The standard InChI is InChI=1S/C12H14F3NO.ClH/c13-12(14,15)8-3-4-11(17)9(6-8)10(16)5-7-1-2-7;/h3-4,6-7,10,17H,1-2,5,16H2;1H/t10-;/m1./s1. The quantitative estimate of drug-likeness (QED) is 0.889. The van der Waals surface area contributed by atoms with Crippen molar-refractivity contribution in [2.75, 3.05) is 0 Å². The van der Waals surface area contributed by atoms with Gasteiger partial charge >= 0.3 is 6.18 Å². The third-order valence-corrected chi connectivity index (χ3v) is 3.04. The number of hydrogen-bond acceptors (Lipinski definition) is 2. The lowest BCUT2D eigenvalue weighted by Crippen LogP contribution is -2.13. The fourth-order valence-corrected chi connectivity index (χ4v) is 1.87. The van der Waals surface area contributed by atoms with E-state index in [1.807, 2.05) is 0 Å². The van der Waals surface area contributed by atoms with Gasteiger partial charge in [0.15, 0.2) is 0 Å². The molecule has 1 saturated carbocycles. The van der Waals surface area contributed by atoms with E-state index in [-0.39, 0.29) is 23.7 Å². The zero-order valence-electron chi connectivity index (χ0n) is 9.57. The fourth-order valence-electron chi connectivity index (χ4n) is 1.87. The van der Waals surface area contributed by atoms with Crippen molar-refractivity contribution < 1.29 is 18.3 Å². The van der Waals surface area contributed by atoms with E-state index in [0.717, 1.165) is 31.0 Å². The summed E-state index contributed by atoms with van der Waals surface area (Å²) in [6.45, 7) is 0. The molecule has 0 aromatic heterocycles. The minimum Gasteiger partial charge on any atom is -0.508 e. The predicted octanol–water partition coefficient (Wildman–Crippen LogP) is 3.63. The van der Waals surface area contributed by atoms with Crippen LogP contribution in [0, 0.1) is 5.92 Å². The zero-order valence-corrected chi connectivity index (χ0v) is 10.4. The zero-order chi connectivity index (χ0) is 12.6. The van der Waals surface area contributed by atoms with Crippen LogP contribution in [0.1, 0.15) is 36.4 Å². The lowest BCUT2D eigenvalue weighted by molar-refractivity contribution is -0.137. The van der Waals surface area contributed by atoms with Gasteiger partial charge in [-0.15, -0.1) is 12.4 Å². The Labute approximate surface area is 109 Å². The van der Waals surface area contributed by atoms with E-state index in [0.29, 0.717) is 12.3 Å². The maximum Gasteiger partial charge on any atom is 0.416 e. The molecule has 1 fully saturated rings. The molecule has 1 aliphatic carbocycles. The van der Waals surface area contributed by atoms with E-state index < -0.39 is 17.8 Å². The maximum absolute atomic E-state index is 12.5. The van der Waals surface area contributed by atoms with Crippen LogP contribution in [0.15, 0.2) is 18.2 Å². The second-order valence-electron chi connectivity index (χ2n) is 4.56. The van der Waals surface area contributed by atoms with Gasteiger partial charge in [0.05, 0.1) is 5.56 Å². The summed E-state index contributed by atoms with van der Waals surface area (Å²) in [5.74, 6) is 0.338. The van der Waals surface area contributed by atoms with Crippen LogP contribution in [0.5, 0.6) is 5.75 Å². The molecular weight excluding hydrogens is 267 g/mol. The molecule has 0 radical (unpaired) electrons. The van der Waals surface area contributed by atoms with Crippen LogP contribution in [-0.2, 0) is 6.18 Å². The van der Waals surface area contributed by atoms with Crippen LogP contribution in [0.25, 0.3) is 0 Å². The van der Waals surface area contributed by atoms with Gasteiger partial charge in [0.25, 0.3) is 0 Å². The largest absolute Gasteiger partial charge is 0.508 e. The number of benzene rings is 1. The molecule has 18 heavy (non-hydrogen) atoms. The minimum absolute atomic E-state index is 0. The molecule has 0 bridgehead atoms. The molecule has 0 amide bonds. The van der Waals surface area contributed by atoms with Crippen molar-refractivity contribution in [3.63, 3.8) is 0 Å².